The first kappa shape index (κ1) is 86.5. The Morgan fingerprint density at radius 2 is 0.539 bits per heavy atom. The van der Waals surface area contributed by atoms with Gasteiger partial charge in [0.25, 0.3) is 0 Å². The van der Waals surface area contributed by atoms with E-state index in [2.05, 4.69) is 52.0 Å². The van der Waals surface area contributed by atoms with Gasteiger partial charge in [0.2, 0.25) is 0 Å². The summed E-state index contributed by atoms with van der Waals surface area (Å²) in [4.78, 5) is 72.4. The van der Waals surface area contributed by atoms with Crippen molar-refractivity contribution in [3.8, 4) is 0 Å². The summed E-state index contributed by atoms with van der Waals surface area (Å²) in [5, 5.41) is 10.6. The first-order valence-electron chi connectivity index (χ1n) is 36.1. The van der Waals surface area contributed by atoms with E-state index in [1.165, 1.54) is 141 Å². The van der Waals surface area contributed by atoms with Crippen LogP contribution in [0, 0.1) is 0 Å². The zero-order chi connectivity index (χ0) is 65.4. The molecule has 0 bridgehead atoms. The fourth-order valence-corrected chi connectivity index (χ4v) is 11.7. The maximum absolute atomic E-state index is 13.0. The van der Waals surface area contributed by atoms with Crippen LogP contribution in [0.2, 0.25) is 0 Å². The summed E-state index contributed by atoms with van der Waals surface area (Å²) in [6.45, 7) is 4.84. The molecule has 17 nitrogen and oxygen atoms in total. The molecule has 0 amide bonds. The third-order valence-corrected chi connectivity index (χ3v) is 17.6. The van der Waals surface area contributed by atoms with Crippen molar-refractivity contribution >= 4 is 39.5 Å². The van der Waals surface area contributed by atoms with Crippen LogP contribution in [0.4, 0.5) is 0 Å². The van der Waals surface area contributed by atoms with Gasteiger partial charge >= 0.3 is 39.5 Å². The fourth-order valence-electron chi connectivity index (χ4n) is 10.2. The van der Waals surface area contributed by atoms with Gasteiger partial charge in [-0.15, -0.1) is 0 Å². The van der Waals surface area contributed by atoms with Gasteiger partial charge in [0.15, 0.2) is 12.2 Å². The molecule has 0 saturated carbocycles. The van der Waals surface area contributed by atoms with Crippen molar-refractivity contribution in [1.82, 2.24) is 0 Å². The Morgan fingerprint density at radius 1 is 0.315 bits per heavy atom. The first-order chi connectivity index (χ1) is 43.2. The molecular weight excluding hydrogens is 1170 g/mol. The summed E-state index contributed by atoms with van der Waals surface area (Å²) in [5.41, 5.74) is 0. The number of carbonyl (C=O) groups excluding carboxylic acids is 4. The molecule has 5 atom stereocenters. The molecule has 0 aliphatic rings. The molecule has 0 fully saturated rings. The first-order valence-corrected chi connectivity index (χ1v) is 39.1. The molecule has 0 spiro atoms. The van der Waals surface area contributed by atoms with Crippen LogP contribution in [0.3, 0.4) is 0 Å². The lowest BCUT2D eigenvalue weighted by molar-refractivity contribution is -0.161. The van der Waals surface area contributed by atoms with Gasteiger partial charge in [0, 0.05) is 25.7 Å². The molecule has 0 aliphatic heterocycles. The third kappa shape index (κ3) is 64.1. The quantitative estimate of drug-likeness (QED) is 0.0169. The van der Waals surface area contributed by atoms with Crippen LogP contribution in [0.25, 0.3) is 0 Å². The number of phosphoric ester groups is 2. The van der Waals surface area contributed by atoms with Crippen molar-refractivity contribution in [2.45, 2.75) is 361 Å². The zero-order valence-corrected chi connectivity index (χ0v) is 58.7. The van der Waals surface area contributed by atoms with Crippen LogP contribution in [-0.2, 0) is 65.4 Å². The number of rotatable bonds is 69. The molecule has 0 aliphatic carbocycles. The number of hydrogen-bond donors (Lipinski definition) is 3. The minimum atomic E-state index is -4.96. The van der Waals surface area contributed by atoms with E-state index in [0.717, 1.165) is 122 Å². The molecule has 0 aromatic heterocycles. The predicted octanol–water partition coefficient (Wildman–Crippen LogP) is 19.8. The smallest absolute Gasteiger partial charge is 0.462 e. The van der Waals surface area contributed by atoms with E-state index >= 15 is 0 Å². The Labute approximate surface area is 542 Å². The lowest BCUT2D eigenvalue weighted by atomic mass is 10.0. The molecule has 0 rings (SSSR count). The average Bonchev–Trinajstić information content (AvgIpc) is 3.59. The second kappa shape index (κ2) is 64.3. The summed E-state index contributed by atoms with van der Waals surface area (Å²) < 4.78 is 68.1. The molecule has 89 heavy (non-hydrogen) atoms. The molecule has 0 aromatic rings. The third-order valence-electron chi connectivity index (χ3n) is 15.7. The summed E-state index contributed by atoms with van der Waals surface area (Å²) in [6.07, 6.45) is 55.0. The Kier molecular flexibility index (Phi) is 62.5. The maximum atomic E-state index is 13.0. The topological polar surface area (TPSA) is 237 Å². The van der Waals surface area contributed by atoms with Crippen LogP contribution in [0.15, 0.2) is 24.3 Å². The van der Waals surface area contributed by atoms with Gasteiger partial charge in [-0.05, 0) is 51.4 Å². The standard InChI is InChI=1S/C70H132O17P2/c1-5-9-13-17-21-24-27-29-31-33-35-38-41-45-49-53-57-70(75)87-66(61-81-68(73)55-51-47-43-39-37-34-32-30-28-25-22-18-14-10-6-2)63-85-89(78,79)83-59-64(71)58-82-88(76,77)84-62-65(60-80-67(72)54-50-46-42-20-16-12-8-4)86-69(74)56-52-48-44-40-36-26-23-19-15-11-7-3/h25,28,30,32,64-66,71H,5-24,26-27,29,31,33-63H2,1-4H3,(H,76,77)(H,78,79)/b28-25-,32-30-/t64-,65+,66+/m0/s1. The van der Waals surface area contributed by atoms with Gasteiger partial charge in [-0.1, -0.05) is 290 Å². The van der Waals surface area contributed by atoms with Gasteiger partial charge in [-0.2, -0.15) is 0 Å². The van der Waals surface area contributed by atoms with Crippen molar-refractivity contribution < 1.29 is 80.2 Å². The molecule has 2 unspecified atom stereocenters. The van der Waals surface area contributed by atoms with E-state index in [0.29, 0.717) is 25.7 Å². The molecule has 0 saturated heterocycles. The number of aliphatic hydroxyl groups excluding tert-OH is 1. The van der Waals surface area contributed by atoms with Crippen LogP contribution >= 0.6 is 15.6 Å². The number of ether oxygens (including phenoxy) is 4. The predicted molar refractivity (Wildman–Crippen MR) is 358 cm³/mol. The number of hydrogen-bond acceptors (Lipinski definition) is 15. The summed E-state index contributed by atoms with van der Waals surface area (Å²) in [7, 11) is -9.90. The van der Waals surface area contributed by atoms with Gasteiger partial charge in [0.05, 0.1) is 26.4 Å². The lowest BCUT2D eigenvalue weighted by Gasteiger charge is -2.21. The molecule has 524 valence electrons. The van der Waals surface area contributed by atoms with Crippen LogP contribution in [0.5, 0.6) is 0 Å². The lowest BCUT2D eigenvalue weighted by Crippen LogP contribution is -2.30. The molecular formula is C70H132O17P2. The molecule has 0 radical (unpaired) electrons. The monoisotopic (exact) mass is 1310 g/mol. The Balaban J connectivity index is 5.24. The highest BCUT2D eigenvalue weighted by Crippen LogP contribution is 2.45. The summed E-state index contributed by atoms with van der Waals surface area (Å²) >= 11 is 0. The summed E-state index contributed by atoms with van der Waals surface area (Å²) in [5.74, 6) is -2.16. The second-order valence-electron chi connectivity index (χ2n) is 24.6. The van der Waals surface area contributed by atoms with Crippen molar-refractivity contribution in [1.29, 1.82) is 0 Å². The Bertz CT molecular complexity index is 1800. The molecule has 3 N–H and O–H groups in total. The number of carbonyl (C=O) groups is 4. The summed E-state index contributed by atoms with van der Waals surface area (Å²) in [6, 6.07) is 0. The van der Waals surface area contributed by atoms with Crippen molar-refractivity contribution in [2.24, 2.45) is 0 Å². The Morgan fingerprint density at radius 3 is 0.820 bits per heavy atom. The van der Waals surface area contributed by atoms with Gasteiger partial charge < -0.3 is 33.8 Å². The second-order valence-corrected chi connectivity index (χ2v) is 27.5. The van der Waals surface area contributed by atoms with Crippen LogP contribution in [-0.4, -0.2) is 96.7 Å². The normalized spacial score (nSPS) is 14.2. The average molecular weight is 1310 g/mol. The van der Waals surface area contributed by atoms with Crippen molar-refractivity contribution in [2.75, 3.05) is 39.6 Å². The SMILES string of the molecule is CCCCCC/C=C\C=C/CCCCCCCC(=O)OC[C@H](COP(=O)(O)OC[C@@H](O)COP(=O)(O)OC[C@@H](COC(=O)CCCCCCCCC)OC(=O)CCCCCCCCCCCCC)OC(=O)CCCCCCCCCCCCCCCCCC. The van der Waals surface area contributed by atoms with Crippen molar-refractivity contribution in [3.63, 3.8) is 0 Å². The van der Waals surface area contributed by atoms with Crippen molar-refractivity contribution in [3.05, 3.63) is 24.3 Å². The van der Waals surface area contributed by atoms with Crippen LogP contribution in [0.1, 0.15) is 342 Å². The van der Waals surface area contributed by atoms with E-state index in [4.69, 9.17) is 37.0 Å². The number of unbranched alkanes of at least 4 members (excludes halogenated alkanes) is 40. The molecule has 19 heteroatoms. The number of aliphatic hydroxyl groups is 1. The highest BCUT2D eigenvalue weighted by atomic mass is 31.2. The highest BCUT2D eigenvalue weighted by molar-refractivity contribution is 7.47. The number of allylic oxidation sites excluding steroid dienone is 4. The van der Waals surface area contributed by atoms with E-state index in [1.54, 1.807) is 0 Å². The van der Waals surface area contributed by atoms with E-state index in [1.807, 2.05) is 0 Å². The molecule has 0 aromatic carbocycles. The number of phosphoric acid groups is 2. The van der Waals surface area contributed by atoms with Gasteiger partial charge in [0.1, 0.15) is 19.3 Å². The minimum absolute atomic E-state index is 0.102. The zero-order valence-electron chi connectivity index (χ0n) is 56.9. The molecule has 0 heterocycles. The van der Waals surface area contributed by atoms with Gasteiger partial charge in [-0.3, -0.25) is 37.3 Å². The largest absolute Gasteiger partial charge is 0.472 e. The van der Waals surface area contributed by atoms with Gasteiger partial charge in [-0.25, -0.2) is 9.13 Å². The van der Waals surface area contributed by atoms with E-state index in [9.17, 15) is 43.2 Å². The van der Waals surface area contributed by atoms with E-state index in [-0.39, 0.29) is 25.7 Å². The minimum Gasteiger partial charge on any atom is -0.462 e. The van der Waals surface area contributed by atoms with E-state index < -0.39 is 97.5 Å². The Hall–Kier alpha value is -2.46. The maximum Gasteiger partial charge on any atom is 0.472 e. The number of esters is 4. The van der Waals surface area contributed by atoms with Crippen LogP contribution < -0.4 is 0 Å². The fraction of sp³-hybridized carbons (Fsp3) is 0.886. The highest BCUT2D eigenvalue weighted by Gasteiger charge is 2.30.